The molecule has 3 atom stereocenters. The van der Waals surface area contributed by atoms with Crippen LogP contribution < -0.4 is 0 Å². The molecule has 2 aliphatic rings. The Morgan fingerprint density at radius 2 is 1.92 bits per heavy atom. The summed E-state index contributed by atoms with van der Waals surface area (Å²) in [4.78, 5) is 38.0. The Morgan fingerprint density at radius 3 is 2.46 bits per heavy atom. The van der Waals surface area contributed by atoms with Crippen LogP contribution in [0.2, 0.25) is 0 Å². The minimum absolute atomic E-state index is 0.238. The van der Waals surface area contributed by atoms with Crippen molar-refractivity contribution in [1.29, 1.82) is 0 Å². The molecule has 0 aromatic carbocycles. The van der Waals surface area contributed by atoms with Crippen molar-refractivity contribution in [3.8, 4) is 0 Å². The molecule has 1 amide bonds. The van der Waals surface area contributed by atoms with Crippen molar-refractivity contribution in [2.45, 2.75) is 59.3 Å². The average Bonchev–Trinajstić information content (AvgIpc) is 2.79. The molecule has 0 unspecified atom stereocenters. The maximum atomic E-state index is 12.5. The summed E-state index contributed by atoms with van der Waals surface area (Å²) in [6.07, 6.45) is 0.399. The molecule has 0 spiro atoms. The van der Waals surface area contributed by atoms with E-state index in [0.29, 0.717) is 18.5 Å². The topological polar surface area (TPSA) is 82.1 Å². The van der Waals surface area contributed by atoms with Gasteiger partial charge in [-0.25, -0.2) is 4.79 Å². The third-order valence-corrected chi connectivity index (χ3v) is 4.36. The first-order valence-electron chi connectivity index (χ1n) is 8.78. The molecule has 144 valence electrons. The molecular weight excluding hydrogens is 338 g/mol. The van der Waals surface area contributed by atoms with Crippen LogP contribution in [0.3, 0.4) is 0 Å². The second kappa shape index (κ2) is 7.51. The fraction of sp³-hybridized carbons (Fsp3) is 0.632. The molecule has 1 fully saturated rings. The van der Waals surface area contributed by atoms with Gasteiger partial charge in [0, 0.05) is 13.5 Å². The number of hydrogen-bond acceptors (Lipinski definition) is 6. The number of nitrogens with zero attached hydrogens (tertiary/aromatic N) is 1. The lowest BCUT2D eigenvalue weighted by Gasteiger charge is -2.36. The second-order valence-corrected chi connectivity index (χ2v) is 7.46. The van der Waals surface area contributed by atoms with Crippen molar-refractivity contribution in [2.75, 3.05) is 13.2 Å². The number of rotatable bonds is 3. The van der Waals surface area contributed by atoms with Gasteiger partial charge in [-0.3, -0.25) is 14.5 Å². The molecule has 1 aliphatic heterocycles. The van der Waals surface area contributed by atoms with Crippen LogP contribution in [0, 0.1) is 5.41 Å². The third kappa shape index (κ3) is 3.92. The lowest BCUT2D eigenvalue weighted by molar-refractivity contribution is -0.171. The first kappa shape index (κ1) is 20.0. The van der Waals surface area contributed by atoms with Gasteiger partial charge in [-0.2, -0.15) is 0 Å². The Labute approximate surface area is 154 Å². The van der Waals surface area contributed by atoms with E-state index in [1.54, 1.807) is 27.7 Å². The normalized spacial score (nSPS) is 25.3. The van der Waals surface area contributed by atoms with Crippen LogP contribution in [-0.2, 0) is 23.8 Å². The molecular formula is C19H27NO6. The predicted octanol–water partition coefficient (Wildman–Crippen LogP) is 2.60. The lowest BCUT2D eigenvalue weighted by atomic mass is 9.97. The zero-order valence-electron chi connectivity index (χ0n) is 16.0. The Balaban J connectivity index is 2.41. The van der Waals surface area contributed by atoms with Gasteiger partial charge in [0.25, 0.3) is 0 Å². The number of fused-ring (bicyclic) bond motifs is 1. The summed E-state index contributed by atoms with van der Waals surface area (Å²) >= 11 is 0. The summed E-state index contributed by atoms with van der Waals surface area (Å²) in [5.74, 6) is -0.946. The molecule has 1 aliphatic carbocycles. The van der Waals surface area contributed by atoms with E-state index >= 15 is 0 Å². The molecule has 0 aromatic heterocycles. The smallest absolute Gasteiger partial charge is 0.410 e. The monoisotopic (exact) mass is 365 g/mol. The van der Waals surface area contributed by atoms with Crippen molar-refractivity contribution in [1.82, 2.24) is 4.90 Å². The summed E-state index contributed by atoms with van der Waals surface area (Å²) < 4.78 is 16.3. The number of ether oxygens (including phenoxy) is 3. The summed E-state index contributed by atoms with van der Waals surface area (Å²) in [7, 11) is 0. The highest BCUT2D eigenvalue weighted by molar-refractivity contribution is 5.77. The number of amides is 1. The van der Waals surface area contributed by atoms with E-state index in [0.717, 1.165) is 5.57 Å². The van der Waals surface area contributed by atoms with Gasteiger partial charge in [0.05, 0.1) is 12.0 Å². The van der Waals surface area contributed by atoms with E-state index in [2.05, 4.69) is 6.58 Å². The van der Waals surface area contributed by atoms with E-state index in [-0.39, 0.29) is 6.61 Å². The standard InChI is InChI=1S/C19H27NO6/c1-7-24-18(23)20-10-8-9-13-11(2)15(25-12(3)21)16(14(13)20)26-17(22)19(4,5)6/h9,14-16H,2,7-8,10H2,1,3-6H3/t14-,15-,16-/m0/s1. The molecule has 0 radical (unpaired) electrons. The van der Waals surface area contributed by atoms with Crippen LogP contribution >= 0.6 is 0 Å². The van der Waals surface area contributed by atoms with E-state index in [9.17, 15) is 14.4 Å². The fourth-order valence-corrected chi connectivity index (χ4v) is 3.15. The van der Waals surface area contributed by atoms with Crippen LogP contribution in [0.4, 0.5) is 4.79 Å². The quantitative estimate of drug-likeness (QED) is 0.565. The number of hydrogen-bond donors (Lipinski definition) is 0. The minimum atomic E-state index is -0.853. The third-order valence-electron chi connectivity index (χ3n) is 4.36. The van der Waals surface area contributed by atoms with Gasteiger partial charge in [0.2, 0.25) is 0 Å². The average molecular weight is 365 g/mol. The Morgan fingerprint density at radius 1 is 1.27 bits per heavy atom. The summed E-state index contributed by atoms with van der Waals surface area (Å²) in [6, 6.07) is -0.578. The van der Waals surface area contributed by atoms with Crippen LogP contribution in [0.5, 0.6) is 0 Å². The van der Waals surface area contributed by atoms with Crippen LogP contribution in [0.15, 0.2) is 23.8 Å². The van der Waals surface area contributed by atoms with Crippen molar-refractivity contribution in [3.63, 3.8) is 0 Å². The SMILES string of the molecule is C=C1C2=CCCN(C(=O)OCC)[C@@H]2[C@H](OC(=O)C(C)(C)C)[C@H]1OC(C)=O. The van der Waals surface area contributed by atoms with E-state index in [1.165, 1.54) is 11.8 Å². The first-order valence-corrected chi connectivity index (χ1v) is 8.78. The van der Waals surface area contributed by atoms with Crippen LogP contribution in [0.1, 0.15) is 41.0 Å². The zero-order valence-corrected chi connectivity index (χ0v) is 16.0. The number of carbonyl (C=O) groups excluding carboxylic acids is 3. The second-order valence-electron chi connectivity index (χ2n) is 7.46. The Kier molecular flexibility index (Phi) is 5.78. The molecule has 0 saturated heterocycles. The van der Waals surface area contributed by atoms with Gasteiger partial charge in [-0.05, 0) is 45.3 Å². The fourth-order valence-electron chi connectivity index (χ4n) is 3.15. The maximum Gasteiger partial charge on any atom is 0.410 e. The largest absolute Gasteiger partial charge is 0.455 e. The molecule has 0 bridgehead atoms. The molecule has 2 rings (SSSR count). The highest BCUT2D eigenvalue weighted by Crippen LogP contribution is 2.41. The number of carbonyl (C=O) groups is 3. The molecule has 26 heavy (non-hydrogen) atoms. The molecule has 0 N–H and O–H groups in total. The maximum absolute atomic E-state index is 12.5. The van der Waals surface area contributed by atoms with Crippen molar-refractivity contribution >= 4 is 18.0 Å². The van der Waals surface area contributed by atoms with Gasteiger partial charge < -0.3 is 14.2 Å². The summed E-state index contributed by atoms with van der Waals surface area (Å²) in [5, 5.41) is 0. The van der Waals surface area contributed by atoms with Crippen molar-refractivity contribution in [2.24, 2.45) is 5.41 Å². The first-order chi connectivity index (χ1) is 12.1. The van der Waals surface area contributed by atoms with Gasteiger partial charge in [0.1, 0.15) is 6.04 Å². The van der Waals surface area contributed by atoms with Crippen molar-refractivity contribution in [3.05, 3.63) is 23.8 Å². The Hall–Kier alpha value is -2.31. The van der Waals surface area contributed by atoms with Crippen molar-refractivity contribution < 1.29 is 28.6 Å². The van der Waals surface area contributed by atoms with Gasteiger partial charge >= 0.3 is 18.0 Å². The van der Waals surface area contributed by atoms with Crippen LogP contribution in [0.25, 0.3) is 0 Å². The predicted molar refractivity (Wildman–Crippen MR) is 94.2 cm³/mol. The molecule has 7 nitrogen and oxygen atoms in total. The van der Waals surface area contributed by atoms with Crippen LogP contribution in [-0.4, -0.2) is 54.3 Å². The molecule has 7 heteroatoms. The highest BCUT2D eigenvalue weighted by atomic mass is 16.6. The van der Waals surface area contributed by atoms with E-state index in [1.807, 2.05) is 6.08 Å². The van der Waals surface area contributed by atoms with E-state index in [4.69, 9.17) is 14.2 Å². The summed E-state index contributed by atoms with van der Waals surface area (Å²) in [5.41, 5.74) is 0.561. The zero-order chi connectivity index (χ0) is 19.6. The highest BCUT2D eigenvalue weighted by Gasteiger charge is 2.52. The van der Waals surface area contributed by atoms with E-state index < -0.39 is 41.7 Å². The molecule has 1 saturated carbocycles. The minimum Gasteiger partial charge on any atom is -0.455 e. The van der Waals surface area contributed by atoms with Gasteiger partial charge in [-0.1, -0.05) is 12.7 Å². The molecule has 1 heterocycles. The Bertz CT molecular complexity index is 645. The summed E-state index contributed by atoms with van der Waals surface area (Å²) in [6.45, 7) is 12.9. The number of esters is 2. The molecule has 0 aromatic rings. The van der Waals surface area contributed by atoms with Gasteiger partial charge in [0.15, 0.2) is 12.2 Å². The lowest BCUT2D eigenvalue weighted by Crippen LogP contribution is -2.51. The van der Waals surface area contributed by atoms with Gasteiger partial charge in [-0.15, -0.1) is 0 Å².